The van der Waals surface area contributed by atoms with Crippen LogP contribution in [-0.4, -0.2) is 57.7 Å². The van der Waals surface area contributed by atoms with Gasteiger partial charge in [0.2, 0.25) is 0 Å². The van der Waals surface area contributed by atoms with Crippen LogP contribution in [-0.2, 0) is 9.53 Å². The second kappa shape index (κ2) is 8.74. The molecular weight excluding hydrogens is 318 g/mol. The van der Waals surface area contributed by atoms with Crippen molar-refractivity contribution < 1.29 is 14.3 Å². The van der Waals surface area contributed by atoms with Gasteiger partial charge >= 0.3 is 5.97 Å². The van der Waals surface area contributed by atoms with E-state index < -0.39 is 0 Å². The van der Waals surface area contributed by atoms with Gasteiger partial charge in [-0.25, -0.2) is 0 Å². The number of hydrogen-bond acceptors (Lipinski definition) is 4. The summed E-state index contributed by atoms with van der Waals surface area (Å²) in [5.74, 6) is 1.98. The Kier molecular flexibility index (Phi) is 6.67. The zero-order valence-electron chi connectivity index (χ0n) is 15.8. The zero-order valence-corrected chi connectivity index (χ0v) is 15.8. The van der Waals surface area contributed by atoms with E-state index in [1.54, 1.807) is 14.2 Å². The van der Waals surface area contributed by atoms with Gasteiger partial charge in [-0.3, -0.25) is 9.79 Å². The molecule has 0 bridgehead atoms. The van der Waals surface area contributed by atoms with Crippen LogP contribution >= 0.6 is 0 Å². The highest BCUT2D eigenvalue weighted by atomic mass is 16.5. The molecule has 0 radical (unpaired) electrons. The summed E-state index contributed by atoms with van der Waals surface area (Å²) >= 11 is 0. The van der Waals surface area contributed by atoms with Crippen LogP contribution in [0.15, 0.2) is 29.3 Å². The third-order valence-electron chi connectivity index (χ3n) is 4.86. The van der Waals surface area contributed by atoms with Crippen LogP contribution in [0.3, 0.4) is 0 Å². The fourth-order valence-corrected chi connectivity index (χ4v) is 3.36. The van der Waals surface area contributed by atoms with E-state index in [4.69, 9.17) is 9.47 Å². The summed E-state index contributed by atoms with van der Waals surface area (Å²) in [6.45, 7) is 6.40. The first-order chi connectivity index (χ1) is 12.0. The van der Waals surface area contributed by atoms with E-state index in [1.165, 1.54) is 7.11 Å². The van der Waals surface area contributed by atoms with E-state index >= 15 is 0 Å². The molecule has 1 aliphatic rings. The number of likely N-dealkylation sites (tertiary alicyclic amines) is 1. The molecule has 3 atom stereocenters. The van der Waals surface area contributed by atoms with E-state index in [-0.39, 0.29) is 23.7 Å². The number of rotatable bonds is 5. The van der Waals surface area contributed by atoms with Gasteiger partial charge < -0.3 is 19.7 Å². The molecule has 1 heterocycles. The van der Waals surface area contributed by atoms with Crippen molar-refractivity contribution in [2.45, 2.75) is 19.8 Å². The number of para-hydroxylation sites is 1. The lowest BCUT2D eigenvalue weighted by atomic mass is 9.99. The van der Waals surface area contributed by atoms with Crippen molar-refractivity contribution >= 4 is 11.9 Å². The standard InChI is InChI=1S/C19H29N3O3/c1-13(15-8-6-7-9-17(15)24-4)10-21-19(20-3)22-11-14(2)16(12-22)18(23)25-5/h6-9,13-14,16H,10-12H2,1-5H3,(H,20,21). The Labute approximate surface area is 150 Å². The molecule has 1 aromatic rings. The smallest absolute Gasteiger partial charge is 0.310 e. The van der Waals surface area contributed by atoms with Gasteiger partial charge in [0.15, 0.2) is 5.96 Å². The number of ether oxygens (including phenoxy) is 2. The molecule has 3 unspecified atom stereocenters. The lowest BCUT2D eigenvalue weighted by molar-refractivity contribution is -0.145. The highest BCUT2D eigenvalue weighted by molar-refractivity contribution is 5.82. The summed E-state index contributed by atoms with van der Waals surface area (Å²) in [7, 11) is 4.91. The third kappa shape index (κ3) is 4.44. The monoisotopic (exact) mass is 347 g/mol. The number of guanidine groups is 1. The SMILES string of the molecule is CN=C(NCC(C)c1ccccc1OC)N1CC(C)C(C(=O)OC)C1. The molecular formula is C19H29N3O3. The number of carbonyl (C=O) groups is 1. The predicted octanol–water partition coefficient (Wildman–Crippen LogP) is 2.11. The molecule has 0 amide bonds. The number of hydrogen-bond donors (Lipinski definition) is 1. The highest BCUT2D eigenvalue weighted by Crippen LogP contribution is 2.26. The van der Waals surface area contributed by atoms with E-state index in [2.05, 4.69) is 35.1 Å². The molecule has 2 rings (SSSR count). The summed E-state index contributed by atoms with van der Waals surface area (Å²) in [6.07, 6.45) is 0. The first-order valence-electron chi connectivity index (χ1n) is 8.68. The molecule has 1 saturated heterocycles. The topological polar surface area (TPSA) is 63.2 Å². The Morgan fingerprint density at radius 3 is 2.72 bits per heavy atom. The zero-order chi connectivity index (χ0) is 18.4. The molecule has 138 valence electrons. The largest absolute Gasteiger partial charge is 0.496 e. The van der Waals surface area contributed by atoms with Crippen molar-refractivity contribution in [3.63, 3.8) is 0 Å². The Balaban J connectivity index is 1.98. The first kappa shape index (κ1) is 19.1. The van der Waals surface area contributed by atoms with Crippen LogP contribution < -0.4 is 10.1 Å². The highest BCUT2D eigenvalue weighted by Gasteiger charge is 2.36. The molecule has 1 fully saturated rings. The number of nitrogens with zero attached hydrogens (tertiary/aromatic N) is 2. The van der Waals surface area contributed by atoms with Crippen molar-refractivity contribution in [1.82, 2.24) is 10.2 Å². The molecule has 1 aromatic carbocycles. The van der Waals surface area contributed by atoms with Gasteiger partial charge in [0.05, 0.1) is 20.1 Å². The molecule has 0 saturated carbocycles. The maximum atomic E-state index is 11.9. The van der Waals surface area contributed by atoms with Crippen LogP contribution in [0.4, 0.5) is 0 Å². The van der Waals surface area contributed by atoms with Crippen molar-refractivity contribution in [2.75, 3.05) is 40.9 Å². The first-order valence-corrected chi connectivity index (χ1v) is 8.68. The summed E-state index contributed by atoms with van der Waals surface area (Å²) in [5, 5.41) is 3.43. The van der Waals surface area contributed by atoms with Gasteiger partial charge in [0.25, 0.3) is 0 Å². The fraction of sp³-hybridized carbons (Fsp3) is 0.579. The second-order valence-electron chi connectivity index (χ2n) is 6.58. The van der Waals surface area contributed by atoms with Crippen LogP contribution in [0.25, 0.3) is 0 Å². The maximum Gasteiger partial charge on any atom is 0.310 e. The van der Waals surface area contributed by atoms with Crippen molar-refractivity contribution in [1.29, 1.82) is 0 Å². The minimum atomic E-state index is -0.146. The summed E-state index contributed by atoms with van der Waals surface area (Å²) in [5.41, 5.74) is 1.16. The average molecular weight is 347 g/mol. The second-order valence-corrected chi connectivity index (χ2v) is 6.58. The van der Waals surface area contributed by atoms with Crippen LogP contribution in [0.5, 0.6) is 5.75 Å². The van der Waals surface area contributed by atoms with Crippen molar-refractivity contribution in [3.8, 4) is 5.75 Å². The van der Waals surface area contributed by atoms with Crippen molar-refractivity contribution in [3.05, 3.63) is 29.8 Å². The van der Waals surface area contributed by atoms with Gasteiger partial charge in [-0.15, -0.1) is 0 Å². The predicted molar refractivity (Wildman–Crippen MR) is 99.0 cm³/mol. The Bertz CT molecular complexity index is 618. The molecule has 0 spiro atoms. The normalized spacial score (nSPS) is 21.8. The Hall–Kier alpha value is -2.24. The van der Waals surface area contributed by atoms with Crippen LogP contribution in [0.2, 0.25) is 0 Å². The van der Waals surface area contributed by atoms with Gasteiger partial charge in [-0.2, -0.15) is 0 Å². The van der Waals surface area contributed by atoms with E-state index in [0.717, 1.165) is 30.4 Å². The molecule has 6 heteroatoms. The molecule has 1 N–H and O–H groups in total. The number of esters is 1. The Morgan fingerprint density at radius 2 is 2.08 bits per heavy atom. The molecule has 0 aliphatic carbocycles. The number of nitrogens with one attached hydrogen (secondary N) is 1. The fourth-order valence-electron chi connectivity index (χ4n) is 3.36. The lowest BCUT2D eigenvalue weighted by Crippen LogP contribution is -2.42. The van der Waals surface area contributed by atoms with E-state index in [1.807, 2.05) is 18.2 Å². The maximum absolute atomic E-state index is 11.9. The lowest BCUT2D eigenvalue weighted by Gasteiger charge is -2.24. The molecule has 0 aromatic heterocycles. The molecule has 25 heavy (non-hydrogen) atoms. The number of benzene rings is 1. The summed E-state index contributed by atoms with van der Waals surface area (Å²) in [4.78, 5) is 18.4. The van der Waals surface area contributed by atoms with E-state index in [9.17, 15) is 4.79 Å². The summed E-state index contributed by atoms with van der Waals surface area (Å²) in [6, 6.07) is 8.05. The van der Waals surface area contributed by atoms with Gasteiger partial charge in [-0.05, 0) is 17.5 Å². The van der Waals surface area contributed by atoms with Crippen LogP contribution in [0, 0.1) is 11.8 Å². The minimum absolute atomic E-state index is 0.102. The molecule has 1 aliphatic heterocycles. The minimum Gasteiger partial charge on any atom is -0.496 e. The quantitative estimate of drug-likeness (QED) is 0.502. The summed E-state index contributed by atoms with van der Waals surface area (Å²) < 4.78 is 10.4. The van der Waals surface area contributed by atoms with Gasteiger partial charge in [0, 0.05) is 32.6 Å². The molecule has 6 nitrogen and oxygen atoms in total. The number of methoxy groups -OCH3 is 2. The van der Waals surface area contributed by atoms with Crippen molar-refractivity contribution in [2.24, 2.45) is 16.8 Å². The third-order valence-corrected chi connectivity index (χ3v) is 4.86. The van der Waals surface area contributed by atoms with Crippen LogP contribution in [0.1, 0.15) is 25.3 Å². The number of carbonyl (C=O) groups excluding carboxylic acids is 1. The van der Waals surface area contributed by atoms with E-state index in [0.29, 0.717) is 6.54 Å². The van der Waals surface area contributed by atoms with Gasteiger partial charge in [0.1, 0.15) is 5.75 Å². The Morgan fingerprint density at radius 1 is 1.36 bits per heavy atom. The van der Waals surface area contributed by atoms with Gasteiger partial charge in [-0.1, -0.05) is 32.0 Å². The average Bonchev–Trinajstić information content (AvgIpc) is 3.02. The number of aliphatic imine (C=N–C) groups is 1.